The highest BCUT2D eigenvalue weighted by atomic mass is 16.4. The fraction of sp³-hybridized carbons (Fsp3) is 0. The summed E-state index contributed by atoms with van der Waals surface area (Å²) in [5.41, 5.74) is 3.68. The highest BCUT2D eigenvalue weighted by Crippen LogP contribution is 2.23. The molecule has 33 heavy (non-hydrogen) atoms. The number of benzene rings is 2. The van der Waals surface area contributed by atoms with E-state index in [0.29, 0.717) is 22.3 Å². The molecular formula is C27H22O6. The fourth-order valence-corrected chi connectivity index (χ4v) is 2.76. The van der Waals surface area contributed by atoms with Gasteiger partial charge in [0, 0.05) is 6.08 Å². The number of aliphatic carboxylic acids is 1. The first-order chi connectivity index (χ1) is 15.7. The summed E-state index contributed by atoms with van der Waals surface area (Å²) >= 11 is 0. The third-order valence-corrected chi connectivity index (χ3v) is 4.51. The molecule has 6 nitrogen and oxygen atoms in total. The summed E-state index contributed by atoms with van der Waals surface area (Å²) in [6, 6.07) is 12.6. The molecule has 0 bridgehead atoms. The lowest BCUT2D eigenvalue weighted by Gasteiger charge is -2.07. The van der Waals surface area contributed by atoms with E-state index in [2.05, 4.69) is 13.2 Å². The van der Waals surface area contributed by atoms with Gasteiger partial charge in [0.15, 0.2) is 0 Å². The third-order valence-electron chi connectivity index (χ3n) is 4.51. The maximum absolute atomic E-state index is 11.1. The second-order valence-electron chi connectivity index (χ2n) is 6.79. The smallest absolute Gasteiger partial charge is 0.335 e. The maximum Gasteiger partial charge on any atom is 0.335 e. The second-order valence-corrected chi connectivity index (χ2v) is 6.79. The first-order valence-corrected chi connectivity index (χ1v) is 9.71. The van der Waals surface area contributed by atoms with Crippen molar-refractivity contribution in [2.24, 2.45) is 0 Å². The van der Waals surface area contributed by atoms with Gasteiger partial charge in [-0.15, -0.1) is 0 Å². The van der Waals surface area contributed by atoms with Gasteiger partial charge in [0.25, 0.3) is 0 Å². The van der Waals surface area contributed by atoms with Gasteiger partial charge in [-0.05, 0) is 58.2 Å². The number of hydrogen-bond donors (Lipinski definition) is 3. The van der Waals surface area contributed by atoms with Crippen LogP contribution in [0.25, 0.3) is 11.6 Å². The van der Waals surface area contributed by atoms with Crippen molar-refractivity contribution in [1.29, 1.82) is 0 Å². The zero-order chi connectivity index (χ0) is 24.4. The van der Waals surface area contributed by atoms with Crippen LogP contribution in [0.5, 0.6) is 0 Å². The Bertz CT molecular complexity index is 1190. The van der Waals surface area contributed by atoms with Crippen molar-refractivity contribution < 1.29 is 29.7 Å². The molecular weight excluding hydrogens is 420 g/mol. The third kappa shape index (κ3) is 7.48. The number of rotatable bonds is 10. The van der Waals surface area contributed by atoms with E-state index in [1.54, 1.807) is 54.6 Å². The number of aromatic carboxylic acids is 2. The molecule has 3 N–H and O–H groups in total. The number of carboxylic acids is 3. The van der Waals surface area contributed by atoms with Gasteiger partial charge in [0.05, 0.1) is 11.1 Å². The van der Waals surface area contributed by atoms with Crippen molar-refractivity contribution in [2.45, 2.75) is 0 Å². The Balaban J connectivity index is 2.44. The first kappa shape index (κ1) is 24.6. The van der Waals surface area contributed by atoms with Crippen LogP contribution >= 0.6 is 0 Å². The molecule has 0 aromatic heterocycles. The van der Waals surface area contributed by atoms with Crippen molar-refractivity contribution in [1.82, 2.24) is 0 Å². The Morgan fingerprint density at radius 1 is 0.727 bits per heavy atom. The monoisotopic (exact) mass is 442 g/mol. The minimum absolute atomic E-state index is 0.158. The molecule has 2 aromatic carbocycles. The first-order valence-electron chi connectivity index (χ1n) is 9.71. The lowest BCUT2D eigenvalue weighted by atomic mass is 9.97. The molecule has 0 aliphatic carbocycles. The van der Waals surface area contributed by atoms with Crippen molar-refractivity contribution in [2.75, 3.05) is 0 Å². The maximum atomic E-state index is 11.1. The molecule has 166 valence electrons. The minimum atomic E-state index is -1.09. The van der Waals surface area contributed by atoms with Gasteiger partial charge in [-0.3, -0.25) is 0 Å². The van der Waals surface area contributed by atoms with E-state index in [1.807, 2.05) is 0 Å². The summed E-state index contributed by atoms with van der Waals surface area (Å²) in [7, 11) is 0. The Morgan fingerprint density at radius 2 is 1.24 bits per heavy atom. The molecule has 6 heteroatoms. The molecule has 0 spiro atoms. The summed E-state index contributed by atoms with van der Waals surface area (Å²) in [6.45, 7) is 7.85. The highest BCUT2D eigenvalue weighted by molar-refractivity contribution is 5.89. The summed E-state index contributed by atoms with van der Waals surface area (Å²) in [5, 5.41) is 26.9. The van der Waals surface area contributed by atoms with E-state index < -0.39 is 17.9 Å². The lowest BCUT2D eigenvalue weighted by molar-refractivity contribution is -0.131. The average molecular weight is 442 g/mol. The average Bonchev–Trinajstić information content (AvgIpc) is 2.79. The molecule has 0 fully saturated rings. The van der Waals surface area contributed by atoms with Crippen LogP contribution in [-0.4, -0.2) is 33.2 Å². The summed E-state index contributed by atoms with van der Waals surface area (Å²) in [4.78, 5) is 32.9. The molecule has 2 rings (SSSR count). The SMILES string of the molecule is C=CC(=C\C=C\C(=O)O)/C(/C=C/c1ccc(C(=O)O)cc1)=C/C(=C)c1ccc(C(=O)O)cc1. The fourth-order valence-electron chi connectivity index (χ4n) is 2.76. The minimum Gasteiger partial charge on any atom is -0.478 e. The van der Waals surface area contributed by atoms with E-state index in [-0.39, 0.29) is 11.1 Å². The Hall–Kier alpha value is -4.71. The van der Waals surface area contributed by atoms with Gasteiger partial charge in [-0.25, -0.2) is 14.4 Å². The largest absolute Gasteiger partial charge is 0.478 e. The van der Waals surface area contributed by atoms with Crippen LogP contribution < -0.4 is 0 Å². The van der Waals surface area contributed by atoms with Crippen LogP contribution in [0.15, 0.2) is 109 Å². The van der Waals surface area contributed by atoms with Gasteiger partial charge in [0.2, 0.25) is 0 Å². The predicted molar refractivity (Wildman–Crippen MR) is 128 cm³/mol. The molecule has 0 heterocycles. The van der Waals surface area contributed by atoms with E-state index in [9.17, 15) is 14.4 Å². The van der Waals surface area contributed by atoms with Crippen molar-refractivity contribution >= 4 is 29.6 Å². The topological polar surface area (TPSA) is 112 Å². The Kier molecular flexibility index (Phi) is 8.65. The van der Waals surface area contributed by atoms with Crippen LogP contribution in [-0.2, 0) is 4.79 Å². The summed E-state index contributed by atoms with van der Waals surface area (Å²) < 4.78 is 0. The van der Waals surface area contributed by atoms with E-state index in [4.69, 9.17) is 15.3 Å². The quantitative estimate of drug-likeness (QED) is 0.331. The van der Waals surface area contributed by atoms with E-state index in [1.165, 1.54) is 30.3 Å². The molecule has 0 saturated carbocycles. The Morgan fingerprint density at radius 3 is 1.73 bits per heavy atom. The number of carbonyl (C=O) groups is 3. The van der Waals surface area contributed by atoms with Gasteiger partial charge in [-0.2, -0.15) is 0 Å². The number of hydrogen-bond acceptors (Lipinski definition) is 3. The van der Waals surface area contributed by atoms with Crippen LogP contribution in [0.3, 0.4) is 0 Å². The molecule has 0 radical (unpaired) electrons. The van der Waals surface area contributed by atoms with E-state index in [0.717, 1.165) is 11.6 Å². The number of carboxylic acid groups (broad SMARTS) is 3. The van der Waals surface area contributed by atoms with Gasteiger partial charge < -0.3 is 15.3 Å². The van der Waals surface area contributed by atoms with Gasteiger partial charge in [0.1, 0.15) is 0 Å². The Labute approximate surface area is 191 Å². The van der Waals surface area contributed by atoms with Crippen molar-refractivity contribution in [3.8, 4) is 0 Å². The second kappa shape index (κ2) is 11.6. The molecule has 0 aliphatic heterocycles. The predicted octanol–water partition coefficient (Wildman–Crippen LogP) is 5.49. The van der Waals surface area contributed by atoms with Crippen molar-refractivity contribution in [3.63, 3.8) is 0 Å². The van der Waals surface area contributed by atoms with Crippen LogP contribution in [0, 0.1) is 0 Å². The molecule has 2 aromatic rings. The van der Waals surface area contributed by atoms with Crippen LogP contribution in [0.1, 0.15) is 31.8 Å². The van der Waals surface area contributed by atoms with Gasteiger partial charge in [-0.1, -0.05) is 67.8 Å². The molecule has 0 saturated heterocycles. The van der Waals surface area contributed by atoms with Crippen molar-refractivity contribution in [3.05, 3.63) is 132 Å². The summed E-state index contributed by atoms with van der Waals surface area (Å²) in [5.74, 6) is -3.13. The molecule has 0 atom stereocenters. The zero-order valence-electron chi connectivity index (χ0n) is 17.6. The van der Waals surface area contributed by atoms with E-state index >= 15 is 0 Å². The van der Waals surface area contributed by atoms with Crippen LogP contribution in [0.4, 0.5) is 0 Å². The standard InChI is InChI=1S/C27H22O6/c1-3-20(5-4-6-25(28)29)24(12-9-19-7-10-22(11-8-19)26(30)31)17-18(2)21-13-15-23(16-14-21)27(32)33/h3-17H,1-2H2,(H,28,29)(H,30,31)(H,32,33)/b6-4+,12-9+,20-5+,24-17+. The zero-order valence-corrected chi connectivity index (χ0v) is 17.6. The van der Waals surface area contributed by atoms with Crippen LogP contribution in [0.2, 0.25) is 0 Å². The molecule has 0 unspecified atom stereocenters. The molecule has 0 aliphatic rings. The van der Waals surface area contributed by atoms with Gasteiger partial charge >= 0.3 is 17.9 Å². The lowest BCUT2D eigenvalue weighted by Crippen LogP contribution is -1.95. The number of allylic oxidation sites excluding steroid dienone is 8. The highest BCUT2D eigenvalue weighted by Gasteiger charge is 2.05. The normalized spacial score (nSPS) is 12.1. The summed E-state index contributed by atoms with van der Waals surface area (Å²) in [6.07, 6.45) is 10.8. The molecule has 0 amide bonds.